The normalized spacial score (nSPS) is 16.6. The minimum atomic E-state index is -0.149. The van der Waals surface area contributed by atoms with Crippen molar-refractivity contribution in [3.05, 3.63) is 35.5 Å². The second-order valence-electron chi connectivity index (χ2n) is 7.41. The molecule has 2 heterocycles. The molecule has 3 rings (SSSR count). The van der Waals surface area contributed by atoms with Crippen LogP contribution in [0.5, 0.6) is 5.75 Å². The van der Waals surface area contributed by atoms with Crippen LogP contribution in [-0.2, 0) is 10.2 Å². The highest BCUT2D eigenvalue weighted by Gasteiger charge is 2.24. The summed E-state index contributed by atoms with van der Waals surface area (Å²) < 4.78 is 10.8. The summed E-state index contributed by atoms with van der Waals surface area (Å²) in [5.74, 6) is 1.80. The summed E-state index contributed by atoms with van der Waals surface area (Å²) in [4.78, 5) is 16.0. The molecule has 1 aromatic carbocycles. The number of anilines is 1. The number of carbonyl (C=O) groups is 1. The van der Waals surface area contributed by atoms with E-state index in [1.165, 1.54) is 0 Å². The van der Waals surface area contributed by atoms with E-state index in [2.05, 4.69) is 20.8 Å². The van der Waals surface area contributed by atoms with Crippen LogP contribution in [0.15, 0.2) is 22.7 Å². The molecule has 7 heteroatoms. The first-order valence-electron chi connectivity index (χ1n) is 8.41. The van der Waals surface area contributed by atoms with Gasteiger partial charge in [0.15, 0.2) is 12.4 Å². The van der Waals surface area contributed by atoms with E-state index in [0.29, 0.717) is 23.2 Å². The number of nitrogens with one attached hydrogen (secondary N) is 2. The summed E-state index contributed by atoms with van der Waals surface area (Å²) in [6.07, 6.45) is 0. The number of fused-ring (bicyclic) bond motifs is 1. The molecule has 1 amide bonds. The Labute approximate surface area is 147 Å². The largest absolute Gasteiger partial charge is 0.482 e. The number of hydrogen-bond donors (Lipinski definition) is 2. The molecule has 7 nitrogen and oxygen atoms in total. The zero-order valence-electron chi connectivity index (χ0n) is 15.2. The monoisotopic (exact) mass is 344 g/mol. The van der Waals surface area contributed by atoms with Crippen molar-refractivity contribution >= 4 is 11.6 Å². The van der Waals surface area contributed by atoms with Crippen molar-refractivity contribution in [3.8, 4) is 5.75 Å². The van der Waals surface area contributed by atoms with Crippen molar-refractivity contribution in [2.75, 3.05) is 11.9 Å². The van der Waals surface area contributed by atoms with Crippen LogP contribution >= 0.6 is 0 Å². The molecule has 0 spiro atoms. The molecule has 2 N–H and O–H groups in total. The maximum Gasteiger partial charge on any atom is 0.262 e. The molecule has 134 valence electrons. The van der Waals surface area contributed by atoms with E-state index in [9.17, 15) is 4.79 Å². The van der Waals surface area contributed by atoms with Crippen LogP contribution < -0.4 is 15.4 Å². The fraction of sp³-hybridized carbons (Fsp3) is 0.500. The highest BCUT2D eigenvalue weighted by molar-refractivity contribution is 5.95. The van der Waals surface area contributed by atoms with Crippen molar-refractivity contribution in [2.24, 2.45) is 0 Å². The minimum Gasteiger partial charge on any atom is -0.482 e. The Hall–Kier alpha value is -2.41. The quantitative estimate of drug-likeness (QED) is 0.886. The number of rotatable bonds is 4. The van der Waals surface area contributed by atoms with Gasteiger partial charge in [0, 0.05) is 11.5 Å². The van der Waals surface area contributed by atoms with Crippen molar-refractivity contribution in [1.82, 2.24) is 15.5 Å². The minimum absolute atomic E-state index is 0.0316. The molecule has 1 aliphatic heterocycles. The van der Waals surface area contributed by atoms with Crippen molar-refractivity contribution in [3.63, 3.8) is 0 Å². The molecule has 2 aromatic rings. The van der Waals surface area contributed by atoms with Gasteiger partial charge in [0.25, 0.3) is 5.91 Å². The molecule has 0 bridgehead atoms. The van der Waals surface area contributed by atoms with Crippen LogP contribution in [0, 0.1) is 0 Å². The molecule has 0 aliphatic carbocycles. The Morgan fingerprint density at radius 1 is 1.24 bits per heavy atom. The molecule has 0 fully saturated rings. The van der Waals surface area contributed by atoms with E-state index in [1.807, 2.05) is 52.8 Å². The van der Waals surface area contributed by atoms with Crippen LogP contribution in [0.4, 0.5) is 5.69 Å². The summed E-state index contributed by atoms with van der Waals surface area (Å²) in [7, 11) is 0. The number of hydrogen-bond acceptors (Lipinski definition) is 6. The molecule has 0 unspecified atom stereocenters. The van der Waals surface area contributed by atoms with E-state index in [-0.39, 0.29) is 30.0 Å². The van der Waals surface area contributed by atoms with Crippen molar-refractivity contribution in [1.29, 1.82) is 0 Å². The second kappa shape index (κ2) is 6.48. The fourth-order valence-electron chi connectivity index (χ4n) is 2.63. The zero-order chi connectivity index (χ0) is 18.2. The van der Waals surface area contributed by atoms with Crippen LogP contribution in [0.2, 0.25) is 0 Å². The average Bonchev–Trinajstić information content (AvgIpc) is 3.04. The lowest BCUT2D eigenvalue weighted by Crippen LogP contribution is -2.26. The summed E-state index contributed by atoms with van der Waals surface area (Å²) in [5.41, 5.74) is 1.58. The van der Waals surface area contributed by atoms with Gasteiger partial charge in [0.05, 0.1) is 11.7 Å². The Balaban J connectivity index is 1.71. The third-order valence-corrected chi connectivity index (χ3v) is 4.12. The molecule has 0 radical (unpaired) electrons. The summed E-state index contributed by atoms with van der Waals surface area (Å²) in [6, 6.07) is 5.71. The van der Waals surface area contributed by atoms with Crippen LogP contribution in [0.1, 0.15) is 64.0 Å². The Morgan fingerprint density at radius 2 is 2.00 bits per heavy atom. The lowest BCUT2D eigenvalue weighted by atomic mass is 9.96. The lowest BCUT2D eigenvalue weighted by molar-refractivity contribution is -0.118. The number of nitrogens with zero attached hydrogens (tertiary/aromatic N) is 2. The van der Waals surface area contributed by atoms with Crippen LogP contribution in [0.25, 0.3) is 0 Å². The molecule has 1 aliphatic rings. The van der Waals surface area contributed by atoms with Gasteiger partial charge in [-0.05, 0) is 31.5 Å². The van der Waals surface area contributed by atoms with Crippen molar-refractivity contribution in [2.45, 2.75) is 52.1 Å². The fourth-order valence-corrected chi connectivity index (χ4v) is 2.63. The van der Waals surface area contributed by atoms with E-state index in [0.717, 1.165) is 5.56 Å². The predicted molar refractivity (Wildman–Crippen MR) is 93.5 cm³/mol. The maximum absolute atomic E-state index is 11.5. The highest BCUT2D eigenvalue weighted by Crippen LogP contribution is 2.31. The van der Waals surface area contributed by atoms with E-state index in [1.54, 1.807) is 0 Å². The topological polar surface area (TPSA) is 89.3 Å². The van der Waals surface area contributed by atoms with Crippen molar-refractivity contribution < 1.29 is 14.1 Å². The third-order valence-electron chi connectivity index (χ3n) is 4.12. The molecule has 0 saturated heterocycles. The number of carbonyl (C=O) groups excluding carboxylic acids is 1. The summed E-state index contributed by atoms with van der Waals surface area (Å²) in [5, 5.41) is 10.3. The van der Waals surface area contributed by atoms with E-state index < -0.39 is 0 Å². The second-order valence-corrected chi connectivity index (χ2v) is 7.41. The van der Waals surface area contributed by atoms with Crippen LogP contribution in [0.3, 0.4) is 0 Å². The van der Waals surface area contributed by atoms with Gasteiger partial charge < -0.3 is 14.6 Å². The zero-order valence-corrected chi connectivity index (χ0v) is 15.2. The predicted octanol–water partition coefficient (Wildman–Crippen LogP) is 3.11. The van der Waals surface area contributed by atoms with Gasteiger partial charge in [0.2, 0.25) is 5.89 Å². The number of benzene rings is 1. The van der Waals surface area contributed by atoms with Gasteiger partial charge >= 0.3 is 0 Å². The molecule has 0 saturated carbocycles. The number of amides is 1. The highest BCUT2D eigenvalue weighted by atomic mass is 16.5. The van der Waals surface area contributed by atoms with Gasteiger partial charge in [-0.3, -0.25) is 10.1 Å². The van der Waals surface area contributed by atoms with Gasteiger partial charge in [0.1, 0.15) is 5.75 Å². The number of ether oxygens (including phenoxy) is 1. The Kier molecular flexibility index (Phi) is 4.51. The Morgan fingerprint density at radius 3 is 2.68 bits per heavy atom. The van der Waals surface area contributed by atoms with E-state index in [4.69, 9.17) is 9.26 Å². The molecular weight excluding hydrogens is 320 g/mol. The standard InChI is InChI=1S/C18H24N4O3/c1-10(12-6-7-14-13(8-12)20-15(23)9-24-14)19-11(2)16-21-17(22-25-16)18(3,4)5/h6-8,10-11,19H,9H2,1-5H3,(H,20,23)/t10-,11-/m1/s1. The first-order chi connectivity index (χ1) is 11.7. The average molecular weight is 344 g/mol. The molecular formula is C18H24N4O3. The van der Waals surface area contributed by atoms with Gasteiger partial charge in [-0.15, -0.1) is 0 Å². The first-order valence-corrected chi connectivity index (χ1v) is 8.41. The van der Waals surface area contributed by atoms with Gasteiger partial charge in [-0.2, -0.15) is 4.98 Å². The number of aromatic nitrogens is 2. The SMILES string of the molecule is C[C@@H](N[C@H](C)c1nc(C(C)(C)C)no1)c1ccc2c(c1)NC(=O)CO2. The smallest absolute Gasteiger partial charge is 0.262 e. The molecule has 1 aromatic heterocycles. The van der Waals surface area contributed by atoms with Gasteiger partial charge in [-0.25, -0.2) is 0 Å². The van der Waals surface area contributed by atoms with E-state index >= 15 is 0 Å². The lowest BCUT2D eigenvalue weighted by Gasteiger charge is -2.22. The summed E-state index contributed by atoms with van der Waals surface area (Å²) in [6.45, 7) is 10.2. The molecule has 2 atom stereocenters. The third kappa shape index (κ3) is 3.82. The molecule has 25 heavy (non-hydrogen) atoms. The van der Waals surface area contributed by atoms with Crippen LogP contribution in [-0.4, -0.2) is 22.7 Å². The summed E-state index contributed by atoms with van der Waals surface area (Å²) >= 11 is 0. The Bertz CT molecular complexity index is 779. The van der Waals surface area contributed by atoms with Gasteiger partial charge in [-0.1, -0.05) is 32.0 Å². The first kappa shape index (κ1) is 17.4. The maximum atomic E-state index is 11.5.